The number of thiophene rings is 1. The number of rotatable bonds is 5. The molecule has 0 spiro atoms. The first kappa shape index (κ1) is 19.1. The average Bonchev–Trinajstić information content (AvgIpc) is 2.87. The van der Waals surface area contributed by atoms with Crippen LogP contribution in [-0.2, 0) is 16.1 Å². The molecule has 0 aliphatic rings. The third-order valence-electron chi connectivity index (χ3n) is 3.54. The summed E-state index contributed by atoms with van der Waals surface area (Å²) < 4.78 is 5.11. The summed E-state index contributed by atoms with van der Waals surface area (Å²) >= 11 is 1.28. The smallest absolute Gasteiger partial charge is 0.266 e. The zero-order chi connectivity index (χ0) is 18.6. The maximum Gasteiger partial charge on any atom is 0.266 e. The SMILES string of the molecule is COCc1cccc(NC(=O)c2sc(NC(=O)C(C)(C)C)cc2C)c1. The number of hydrogen-bond acceptors (Lipinski definition) is 4. The summed E-state index contributed by atoms with van der Waals surface area (Å²) in [6.07, 6.45) is 0. The highest BCUT2D eigenvalue weighted by molar-refractivity contribution is 7.18. The van der Waals surface area contributed by atoms with Gasteiger partial charge in [0.1, 0.15) is 0 Å². The minimum Gasteiger partial charge on any atom is -0.380 e. The number of methoxy groups -OCH3 is 1. The van der Waals surface area contributed by atoms with Crippen LogP contribution in [0.4, 0.5) is 10.7 Å². The van der Waals surface area contributed by atoms with Crippen molar-refractivity contribution in [2.45, 2.75) is 34.3 Å². The molecule has 0 bridgehead atoms. The Morgan fingerprint density at radius 3 is 2.52 bits per heavy atom. The predicted octanol–water partition coefficient (Wildman–Crippen LogP) is 4.44. The maximum absolute atomic E-state index is 12.6. The van der Waals surface area contributed by atoms with Crippen LogP contribution >= 0.6 is 11.3 Å². The molecule has 1 heterocycles. The molecule has 2 aromatic rings. The van der Waals surface area contributed by atoms with Gasteiger partial charge in [0.15, 0.2) is 0 Å². The largest absolute Gasteiger partial charge is 0.380 e. The van der Waals surface area contributed by atoms with Crippen LogP contribution in [0.3, 0.4) is 0 Å². The number of benzene rings is 1. The van der Waals surface area contributed by atoms with Gasteiger partial charge in [-0.25, -0.2) is 0 Å². The number of ether oxygens (including phenoxy) is 1. The van der Waals surface area contributed by atoms with E-state index in [1.165, 1.54) is 11.3 Å². The zero-order valence-corrected chi connectivity index (χ0v) is 16.0. The van der Waals surface area contributed by atoms with Gasteiger partial charge < -0.3 is 15.4 Å². The Labute approximate surface area is 152 Å². The van der Waals surface area contributed by atoms with E-state index in [1.54, 1.807) is 7.11 Å². The molecule has 0 fully saturated rings. The summed E-state index contributed by atoms with van der Waals surface area (Å²) in [5, 5.41) is 6.45. The first-order chi connectivity index (χ1) is 11.7. The number of amides is 2. The Bertz CT molecular complexity index is 775. The molecule has 134 valence electrons. The molecule has 0 radical (unpaired) electrons. The monoisotopic (exact) mass is 360 g/mol. The van der Waals surface area contributed by atoms with E-state index in [0.717, 1.165) is 11.1 Å². The van der Waals surface area contributed by atoms with Crippen LogP contribution in [0.15, 0.2) is 30.3 Å². The number of nitrogens with one attached hydrogen (secondary N) is 2. The van der Waals surface area contributed by atoms with Gasteiger partial charge in [-0.2, -0.15) is 0 Å². The molecular formula is C19H24N2O3S. The Balaban J connectivity index is 2.12. The summed E-state index contributed by atoms with van der Waals surface area (Å²) in [5.41, 5.74) is 2.05. The molecule has 25 heavy (non-hydrogen) atoms. The topological polar surface area (TPSA) is 67.4 Å². The highest BCUT2D eigenvalue weighted by Gasteiger charge is 2.23. The Kier molecular flexibility index (Phi) is 5.98. The lowest BCUT2D eigenvalue weighted by atomic mass is 9.96. The fraction of sp³-hybridized carbons (Fsp3) is 0.368. The second kappa shape index (κ2) is 7.80. The van der Waals surface area contributed by atoms with Crippen LogP contribution in [-0.4, -0.2) is 18.9 Å². The summed E-state index contributed by atoms with van der Waals surface area (Å²) in [6.45, 7) is 7.90. The van der Waals surface area contributed by atoms with E-state index < -0.39 is 5.41 Å². The van der Waals surface area contributed by atoms with Gasteiger partial charge in [-0.15, -0.1) is 11.3 Å². The standard InChI is InChI=1S/C19H24N2O3S/c1-12-9-15(21-18(23)19(2,3)4)25-16(12)17(22)20-14-8-6-7-13(10-14)11-24-5/h6-10H,11H2,1-5H3,(H,20,22)(H,21,23). The van der Waals surface area contributed by atoms with Gasteiger partial charge in [0.25, 0.3) is 5.91 Å². The van der Waals surface area contributed by atoms with Gasteiger partial charge in [-0.1, -0.05) is 32.9 Å². The van der Waals surface area contributed by atoms with Crippen molar-refractivity contribution in [2.75, 3.05) is 17.7 Å². The molecule has 0 saturated heterocycles. The van der Waals surface area contributed by atoms with Crippen molar-refractivity contribution in [2.24, 2.45) is 5.41 Å². The van der Waals surface area contributed by atoms with E-state index in [0.29, 0.717) is 22.2 Å². The van der Waals surface area contributed by atoms with Crippen LogP contribution in [0.2, 0.25) is 0 Å². The Hall–Kier alpha value is -2.18. The molecule has 0 atom stereocenters. The van der Waals surface area contributed by atoms with E-state index in [1.807, 2.05) is 58.0 Å². The fourth-order valence-electron chi connectivity index (χ4n) is 2.16. The predicted molar refractivity (Wildman–Crippen MR) is 102 cm³/mol. The molecule has 5 nitrogen and oxygen atoms in total. The molecule has 0 unspecified atom stereocenters. The molecule has 0 aliphatic heterocycles. The van der Waals surface area contributed by atoms with Gasteiger partial charge in [0.2, 0.25) is 5.91 Å². The van der Waals surface area contributed by atoms with E-state index in [2.05, 4.69) is 10.6 Å². The third-order valence-corrected chi connectivity index (χ3v) is 4.69. The molecule has 6 heteroatoms. The number of carbonyl (C=O) groups is 2. The van der Waals surface area contributed by atoms with Crippen molar-refractivity contribution in [1.82, 2.24) is 0 Å². The highest BCUT2D eigenvalue weighted by atomic mass is 32.1. The van der Waals surface area contributed by atoms with Crippen molar-refractivity contribution in [3.8, 4) is 0 Å². The number of carbonyl (C=O) groups excluding carboxylic acids is 2. The lowest BCUT2D eigenvalue weighted by Crippen LogP contribution is -2.27. The minimum atomic E-state index is -0.484. The van der Waals surface area contributed by atoms with Gasteiger partial charge in [0, 0.05) is 18.2 Å². The first-order valence-electron chi connectivity index (χ1n) is 8.02. The molecule has 2 rings (SSSR count). The van der Waals surface area contributed by atoms with E-state index in [4.69, 9.17) is 4.74 Å². The van der Waals surface area contributed by atoms with Crippen LogP contribution in [0, 0.1) is 12.3 Å². The van der Waals surface area contributed by atoms with Gasteiger partial charge in [0.05, 0.1) is 16.5 Å². The Morgan fingerprint density at radius 1 is 1.16 bits per heavy atom. The molecule has 1 aromatic heterocycles. The van der Waals surface area contributed by atoms with E-state index >= 15 is 0 Å². The summed E-state index contributed by atoms with van der Waals surface area (Å²) in [5.74, 6) is -0.263. The summed E-state index contributed by atoms with van der Waals surface area (Å²) in [6, 6.07) is 9.36. The lowest BCUT2D eigenvalue weighted by Gasteiger charge is -2.16. The van der Waals surface area contributed by atoms with E-state index in [-0.39, 0.29) is 11.8 Å². The Morgan fingerprint density at radius 2 is 1.88 bits per heavy atom. The zero-order valence-electron chi connectivity index (χ0n) is 15.2. The van der Waals surface area contributed by atoms with Crippen LogP contribution in [0.5, 0.6) is 0 Å². The summed E-state index contributed by atoms with van der Waals surface area (Å²) in [4.78, 5) is 25.2. The maximum atomic E-state index is 12.6. The van der Waals surface area contributed by atoms with Crippen molar-refractivity contribution in [3.05, 3.63) is 46.3 Å². The van der Waals surface area contributed by atoms with Crippen LogP contribution in [0.1, 0.15) is 41.6 Å². The first-order valence-corrected chi connectivity index (χ1v) is 8.83. The third kappa shape index (κ3) is 5.14. The van der Waals surface area contributed by atoms with Crippen LogP contribution < -0.4 is 10.6 Å². The molecule has 2 amide bonds. The molecule has 0 aliphatic carbocycles. The fourth-order valence-corrected chi connectivity index (χ4v) is 3.12. The number of aryl methyl sites for hydroxylation is 1. The lowest BCUT2D eigenvalue weighted by molar-refractivity contribution is -0.123. The second-order valence-corrected chi connectivity index (χ2v) is 7.97. The number of anilines is 2. The minimum absolute atomic E-state index is 0.0759. The van der Waals surface area contributed by atoms with Crippen molar-refractivity contribution < 1.29 is 14.3 Å². The van der Waals surface area contributed by atoms with Crippen molar-refractivity contribution >= 4 is 33.8 Å². The van der Waals surface area contributed by atoms with E-state index in [9.17, 15) is 9.59 Å². The van der Waals surface area contributed by atoms with Crippen molar-refractivity contribution in [3.63, 3.8) is 0 Å². The van der Waals surface area contributed by atoms with Crippen molar-refractivity contribution in [1.29, 1.82) is 0 Å². The molecule has 0 saturated carbocycles. The van der Waals surface area contributed by atoms with Gasteiger partial charge >= 0.3 is 0 Å². The quantitative estimate of drug-likeness (QED) is 0.828. The summed E-state index contributed by atoms with van der Waals surface area (Å²) in [7, 11) is 1.63. The van der Waals surface area contributed by atoms with Gasteiger partial charge in [-0.05, 0) is 36.2 Å². The second-order valence-electron chi connectivity index (χ2n) is 6.91. The average molecular weight is 360 g/mol. The normalized spacial score (nSPS) is 11.2. The molecular weight excluding hydrogens is 336 g/mol. The van der Waals surface area contributed by atoms with Gasteiger partial charge in [-0.3, -0.25) is 9.59 Å². The number of hydrogen-bond donors (Lipinski definition) is 2. The highest BCUT2D eigenvalue weighted by Crippen LogP contribution is 2.29. The molecule has 1 aromatic carbocycles. The molecule has 2 N–H and O–H groups in total. The van der Waals surface area contributed by atoms with Crippen LogP contribution in [0.25, 0.3) is 0 Å².